The predicted octanol–water partition coefficient (Wildman–Crippen LogP) is 13.3. The fourth-order valence-electron chi connectivity index (χ4n) is 8.79. The van der Waals surface area contributed by atoms with Crippen LogP contribution in [-0.2, 0) is 0 Å². The smallest absolute Gasteiger partial charge is 0.238 e. The lowest BCUT2D eigenvalue weighted by atomic mass is 10.0. The molecule has 3 heterocycles. The minimum atomic E-state index is 0.570. The molecule has 280 valence electrons. The van der Waals surface area contributed by atoms with E-state index in [1.54, 1.807) is 0 Å². The Hall–Kier alpha value is -8.22. The molecule has 0 fully saturated rings. The van der Waals surface area contributed by atoms with Crippen LogP contribution in [0.2, 0.25) is 0 Å². The van der Waals surface area contributed by atoms with Crippen LogP contribution in [-0.4, -0.2) is 29.1 Å². The van der Waals surface area contributed by atoms with Crippen molar-refractivity contribution >= 4 is 54.4 Å². The molecular formula is C54H34N6. The molecule has 12 aromatic rings. The third-order valence-corrected chi connectivity index (χ3v) is 11.6. The number of nitrogens with zero attached hydrogens (tertiary/aromatic N) is 6. The van der Waals surface area contributed by atoms with Crippen molar-refractivity contribution in [3.05, 3.63) is 206 Å². The Labute approximate surface area is 345 Å². The molecule has 0 bridgehead atoms. The second kappa shape index (κ2) is 13.7. The van der Waals surface area contributed by atoms with Crippen LogP contribution in [0.4, 0.5) is 0 Å². The molecule has 0 N–H and O–H groups in total. The SMILES string of the molecule is c1ccc(-c2nc3ccccc3n2-c2ccc(-c3ccc4c(c3)c3ccccc3n4-c3nc(-c4cccc5ccccc45)nc(-c4cccc5ccccc45)n3)cc2)cc1. The second-order valence-electron chi connectivity index (χ2n) is 15.1. The third-order valence-electron chi connectivity index (χ3n) is 11.6. The Morgan fingerprint density at radius 2 is 0.867 bits per heavy atom. The largest absolute Gasteiger partial charge is 0.292 e. The Bertz CT molecular complexity index is 3490. The van der Waals surface area contributed by atoms with E-state index in [0.29, 0.717) is 17.6 Å². The van der Waals surface area contributed by atoms with Crippen molar-refractivity contribution in [2.75, 3.05) is 0 Å². The van der Waals surface area contributed by atoms with E-state index in [1.165, 1.54) is 0 Å². The minimum Gasteiger partial charge on any atom is -0.292 e. The van der Waals surface area contributed by atoms with E-state index >= 15 is 0 Å². The van der Waals surface area contributed by atoms with Gasteiger partial charge in [0.15, 0.2) is 11.6 Å². The fourth-order valence-corrected chi connectivity index (χ4v) is 8.79. The fraction of sp³-hybridized carbons (Fsp3) is 0. The molecule has 0 unspecified atom stereocenters. The number of rotatable bonds is 6. The van der Waals surface area contributed by atoms with Crippen molar-refractivity contribution in [1.82, 2.24) is 29.1 Å². The average molecular weight is 767 g/mol. The van der Waals surface area contributed by atoms with Crippen LogP contribution in [0.5, 0.6) is 0 Å². The van der Waals surface area contributed by atoms with E-state index in [-0.39, 0.29) is 0 Å². The van der Waals surface area contributed by atoms with Gasteiger partial charge in [-0.2, -0.15) is 9.97 Å². The number of para-hydroxylation sites is 3. The van der Waals surface area contributed by atoms with Gasteiger partial charge in [0.1, 0.15) is 5.82 Å². The van der Waals surface area contributed by atoms with Crippen LogP contribution in [0, 0.1) is 0 Å². The van der Waals surface area contributed by atoms with E-state index in [4.69, 9.17) is 19.9 Å². The topological polar surface area (TPSA) is 61.4 Å². The molecular weight excluding hydrogens is 733 g/mol. The monoisotopic (exact) mass is 766 g/mol. The Balaban J connectivity index is 1.02. The van der Waals surface area contributed by atoms with Crippen LogP contribution in [0.1, 0.15) is 0 Å². The lowest BCUT2D eigenvalue weighted by Gasteiger charge is -2.13. The highest BCUT2D eigenvalue weighted by Gasteiger charge is 2.20. The van der Waals surface area contributed by atoms with Gasteiger partial charge in [-0.1, -0.05) is 164 Å². The van der Waals surface area contributed by atoms with E-state index in [1.807, 2.05) is 12.1 Å². The Morgan fingerprint density at radius 1 is 0.317 bits per heavy atom. The summed E-state index contributed by atoms with van der Waals surface area (Å²) in [5.41, 5.74) is 10.4. The molecule has 9 aromatic carbocycles. The molecule has 0 aliphatic heterocycles. The summed E-state index contributed by atoms with van der Waals surface area (Å²) in [6.07, 6.45) is 0. The van der Waals surface area contributed by atoms with Crippen LogP contribution < -0.4 is 0 Å². The molecule has 6 heteroatoms. The van der Waals surface area contributed by atoms with Crippen LogP contribution in [0.3, 0.4) is 0 Å². The van der Waals surface area contributed by atoms with Crippen molar-refractivity contribution in [3.63, 3.8) is 0 Å². The molecule has 60 heavy (non-hydrogen) atoms. The number of hydrogen-bond acceptors (Lipinski definition) is 4. The molecule has 0 atom stereocenters. The summed E-state index contributed by atoms with van der Waals surface area (Å²) in [5.74, 6) is 2.75. The van der Waals surface area contributed by atoms with Crippen molar-refractivity contribution in [2.24, 2.45) is 0 Å². The normalized spacial score (nSPS) is 11.7. The van der Waals surface area contributed by atoms with E-state index in [2.05, 4.69) is 203 Å². The first kappa shape index (κ1) is 33.9. The second-order valence-corrected chi connectivity index (χ2v) is 15.1. The van der Waals surface area contributed by atoms with Crippen molar-refractivity contribution < 1.29 is 0 Å². The maximum Gasteiger partial charge on any atom is 0.238 e. The number of benzene rings is 9. The number of imidazole rings is 1. The van der Waals surface area contributed by atoms with Gasteiger partial charge in [-0.15, -0.1) is 0 Å². The maximum atomic E-state index is 5.30. The molecule has 0 saturated heterocycles. The summed E-state index contributed by atoms with van der Waals surface area (Å²) in [4.78, 5) is 20.9. The molecule has 0 spiro atoms. The molecule has 0 amide bonds. The van der Waals surface area contributed by atoms with Gasteiger partial charge in [0.2, 0.25) is 5.95 Å². The van der Waals surface area contributed by atoms with Gasteiger partial charge in [-0.05, 0) is 75.1 Å². The van der Waals surface area contributed by atoms with Crippen LogP contribution >= 0.6 is 0 Å². The lowest BCUT2D eigenvalue weighted by Crippen LogP contribution is -2.06. The van der Waals surface area contributed by atoms with Gasteiger partial charge in [-0.25, -0.2) is 9.97 Å². The van der Waals surface area contributed by atoms with E-state index in [9.17, 15) is 0 Å². The van der Waals surface area contributed by atoms with E-state index in [0.717, 1.165) is 93.7 Å². The first-order valence-electron chi connectivity index (χ1n) is 20.1. The van der Waals surface area contributed by atoms with Crippen LogP contribution in [0.15, 0.2) is 206 Å². The molecule has 0 saturated carbocycles. The van der Waals surface area contributed by atoms with Gasteiger partial charge in [0.25, 0.3) is 0 Å². The lowest BCUT2D eigenvalue weighted by molar-refractivity contribution is 0.955. The van der Waals surface area contributed by atoms with Gasteiger partial charge >= 0.3 is 0 Å². The summed E-state index contributed by atoms with van der Waals surface area (Å²) in [6, 6.07) is 72.2. The Kier molecular flexibility index (Phi) is 7.74. The highest BCUT2D eigenvalue weighted by atomic mass is 15.2. The van der Waals surface area contributed by atoms with Crippen LogP contribution in [0.25, 0.3) is 111 Å². The maximum absolute atomic E-state index is 5.30. The van der Waals surface area contributed by atoms with Gasteiger partial charge in [0, 0.05) is 33.2 Å². The predicted molar refractivity (Wildman–Crippen MR) is 246 cm³/mol. The summed E-state index contributed by atoms with van der Waals surface area (Å²) in [6.45, 7) is 0. The highest BCUT2D eigenvalue weighted by molar-refractivity contribution is 6.10. The average Bonchev–Trinajstić information content (AvgIpc) is 3.88. The van der Waals surface area contributed by atoms with Crippen molar-refractivity contribution in [2.45, 2.75) is 0 Å². The molecule has 0 aliphatic carbocycles. The third kappa shape index (κ3) is 5.50. The summed E-state index contributed by atoms with van der Waals surface area (Å²) < 4.78 is 4.44. The van der Waals surface area contributed by atoms with Crippen molar-refractivity contribution in [3.8, 4) is 56.9 Å². The number of aromatic nitrogens is 6. The molecule has 6 nitrogen and oxygen atoms in total. The zero-order chi connectivity index (χ0) is 39.6. The number of fused-ring (bicyclic) bond motifs is 6. The van der Waals surface area contributed by atoms with Gasteiger partial charge in [0.05, 0.1) is 22.1 Å². The van der Waals surface area contributed by atoms with Gasteiger partial charge < -0.3 is 0 Å². The van der Waals surface area contributed by atoms with E-state index < -0.39 is 0 Å². The number of hydrogen-bond donors (Lipinski definition) is 0. The summed E-state index contributed by atoms with van der Waals surface area (Å²) in [5, 5.41) is 6.71. The molecule has 0 aliphatic rings. The Morgan fingerprint density at radius 3 is 1.57 bits per heavy atom. The quantitative estimate of drug-likeness (QED) is 0.169. The summed E-state index contributed by atoms with van der Waals surface area (Å²) >= 11 is 0. The highest BCUT2D eigenvalue weighted by Crippen LogP contribution is 2.37. The molecule has 0 radical (unpaired) electrons. The zero-order valence-electron chi connectivity index (χ0n) is 32.3. The van der Waals surface area contributed by atoms with Crippen molar-refractivity contribution in [1.29, 1.82) is 0 Å². The minimum absolute atomic E-state index is 0.570. The standard InChI is InChI=1S/C54H34N6/c1-2-16-38(17-3-1)53-55-47-25-9-11-27-50(47)59(53)40-31-28-35(29-32-40)39-30-33-49-46(34-39)43-22-8-10-26-48(43)60(49)54-57-51(44-23-12-18-36-14-4-6-20-41(36)44)56-52(58-54)45-24-13-19-37-15-5-7-21-42(37)45/h1-34H. The summed E-state index contributed by atoms with van der Waals surface area (Å²) in [7, 11) is 0. The molecule has 3 aromatic heterocycles. The molecule has 12 rings (SSSR count). The zero-order valence-corrected chi connectivity index (χ0v) is 32.3. The first-order chi connectivity index (χ1) is 29.7. The first-order valence-corrected chi connectivity index (χ1v) is 20.1. The van der Waals surface area contributed by atoms with Gasteiger partial charge in [-0.3, -0.25) is 9.13 Å².